The number of nitrogens with two attached hydrogens (primary N) is 1. The van der Waals surface area contributed by atoms with Gasteiger partial charge in [0, 0.05) is 19.6 Å². The van der Waals surface area contributed by atoms with Gasteiger partial charge in [0.15, 0.2) is 5.96 Å². The second-order valence-electron chi connectivity index (χ2n) is 6.60. The average molecular weight is 530 g/mol. The molecule has 166 valence electrons. The van der Waals surface area contributed by atoms with Crippen molar-refractivity contribution in [3.8, 4) is 5.75 Å². The zero-order valence-corrected chi connectivity index (χ0v) is 18.9. The molecule has 10 heteroatoms. The van der Waals surface area contributed by atoms with Crippen molar-refractivity contribution in [3.63, 3.8) is 0 Å². The highest BCUT2D eigenvalue weighted by Crippen LogP contribution is 2.36. The van der Waals surface area contributed by atoms with Gasteiger partial charge < -0.3 is 20.5 Å². The lowest BCUT2D eigenvalue weighted by molar-refractivity contribution is -0.139. The van der Waals surface area contributed by atoms with Crippen LogP contribution in [0.1, 0.15) is 25.3 Å². The minimum Gasteiger partial charge on any atom is -0.488 e. The van der Waals surface area contributed by atoms with E-state index >= 15 is 0 Å². The van der Waals surface area contributed by atoms with E-state index in [0.717, 1.165) is 45.3 Å². The van der Waals surface area contributed by atoms with Gasteiger partial charge in [-0.05, 0) is 31.5 Å². The van der Waals surface area contributed by atoms with Crippen LogP contribution < -0.4 is 15.8 Å². The summed E-state index contributed by atoms with van der Waals surface area (Å²) in [4.78, 5) is 6.54. The van der Waals surface area contributed by atoms with Crippen LogP contribution in [0.15, 0.2) is 29.3 Å². The van der Waals surface area contributed by atoms with Gasteiger partial charge in [-0.25, -0.2) is 4.99 Å². The minimum absolute atomic E-state index is 0. The van der Waals surface area contributed by atoms with Crippen LogP contribution in [0.4, 0.5) is 13.2 Å². The summed E-state index contributed by atoms with van der Waals surface area (Å²) < 4.78 is 50.1. The lowest BCUT2D eigenvalue weighted by Gasteiger charge is -2.26. The predicted molar refractivity (Wildman–Crippen MR) is 118 cm³/mol. The molecule has 1 fully saturated rings. The number of rotatable bonds is 9. The van der Waals surface area contributed by atoms with E-state index in [-0.39, 0.29) is 42.2 Å². The number of morpholine rings is 1. The molecule has 1 atom stereocenters. The van der Waals surface area contributed by atoms with Crippen LogP contribution in [-0.4, -0.2) is 62.9 Å². The summed E-state index contributed by atoms with van der Waals surface area (Å²) in [6.45, 7) is 7.09. The van der Waals surface area contributed by atoms with Crippen molar-refractivity contribution in [2.45, 2.75) is 32.0 Å². The lowest BCUT2D eigenvalue weighted by atomic mass is 10.2. The third-order valence-electron chi connectivity index (χ3n) is 4.47. The topological polar surface area (TPSA) is 72.1 Å². The van der Waals surface area contributed by atoms with Crippen LogP contribution >= 0.6 is 24.0 Å². The first-order valence-corrected chi connectivity index (χ1v) is 9.57. The van der Waals surface area contributed by atoms with Crippen LogP contribution in [0.3, 0.4) is 0 Å². The first-order chi connectivity index (χ1) is 13.4. The SMILES string of the molecule is CCC(CN=C(N)NCCCN1CCOCC1)Oc1ccccc1C(F)(F)F.I. The third kappa shape index (κ3) is 9.39. The lowest BCUT2D eigenvalue weighted by Crippen LogP contribution is -2.39. The predicted octanol–water partition coefficient (Wildman–Crippen LogP) is 3.11. The van der Waals surface area contributed by atoms with Gasteiger partial charge in [-0.2, -0.15) is 13.2 Å². The van der Waals surface area contributed by atoms with Crippen molar-refractivity contribution in [2.75, 3.05) is 45.9 Å². The number of aliphatic imine (C=N–C) groups is 1. The normalized spacial score (nSPS) is 16.8. The maximum absolute atomic E-state index is 13.1. The molecule has 1 aromatic carbocycles. The minimum atomic E-state index is -4.46. The summed E-state index contributed by atoms with van der Waals surface area (Å²) in [6.07, 6.45) is -3.51. The van der Waals surface area contributed by atoms with Crippen LogP contribution in [0, 0.1) is 0 Å². The van der Waals surface area contributed by atoms with Crippen molar-refractivity contribution in [3.05, 3.63) is 29.8 Å². The molecule has 29 heavy (non-hydrogen) atoms. The number of para-hydroxylation sites is 1. The molecule has 0 bridgehead atoms. The van der Waals surface area contributed by atoms with Gasteiger partial charge in [-0.3, -0.25) is 4.90 Å². The zero-order valence-electron chi connectivity index (χ0n) is 16.6. The summed E-state index contributed by atoms with van der Waals surface area (Å²) >= 11 is 0. The highest BCUT2D eigenvalue weighted by atomic mass is 127. The number of hydrogen-bond donors (Lipinski definition) is 2. The van der Waals surface area contributed by atoms with E-state index in [1.807, 2.05) is 6.92 Å². The Morgan fingerprint density at radius 1 is 1.31 bits per heavy atom. The summed E-state index contributed by atoms with van der Waals surface area (Å²) in [5, 5.41) is 3.04. The van der Waals surface area contributed by atoms with Crippen LogP contribution in [0.5, 0.6) is 5.75 Å². The van der Waals surface area contributed by atoms with Gasteiger partial charge >= 0.3 is 6.18 Å². The van der Waals surface area contributed by atoms with E-state index in [1.54, 1.807) is 0 Å². The van der Waals surface area contributed by atoms with Gasteiger partial charge in [-0.15, -0.1) is 24.0 Å². The van der Waals surface area contributed by atoms with E-state index in [9.17, 15) is 13.2 Å². The van der Waals surface area contributed by atoms with Gasteiger partial charge in [0.05, 0.1) is 25.3 Å². The molecule has 0 saturated carbocycles. The summed E-state index contributed by atoms with van der Waals surface area (Å²) in [5.41, 5.74) is 5.07. The summed E-state index contributed by atoms with van der Waals surface area (Å²) in [6, 6.07) is 5.19. The molecule has 2 rings (SSSR count). The van der Waals surface area contributed by atoms with Crippen LogP contribution in [-0.2, 0) is 10.9 Å². The van der Waals surface area contributed by atoms with Gasteiger partial charge in [0.25, 0.3) is 0 Å². The number of ether oxygens (including phenoxy) is 2. The third-order valence-corrected chi connectivity index (χ3v) is 4.47. The number of alkyl halides is 3. The summed E-state index contributed by atoms with van der Waals surface area (Å²) in [7, 11) is 0. The molecule has 0 amide bonds. The van der Waals surface area contributed by atoms with Crippen molar-refractivity contribution >= 4 is 29.9 Å². The fourth-order valence-electron chi connectivity index (χ4n) is 2.83. The Kier molecular flexibility index (Phi) is 11.7. The molecule has 0 aliphatic carbocycles. The quantitative estimate of drug-likeness (QED) is 0.222. The van der Waals surface area contributed by atoms with Crippen molar-refractivity contribution in [2.24, 2.45) is 10.7 Å². The second-order valence-corrected chi connectivity index (χ2v) is 6.60. The molecule has 1 saturated heterocycles. The highest BCUT2D eigenvalue weighted by Gasteiger charge is 2.34. The average Bonchev–Trinajstić information content (AvgIpc) is 2.69. The molecule has 1 aliphatic heterocycles. The molecule has 1 aliphatic rings. The molecular weight excluding hydrogens is 500 g/mol. The molecule has 0 radical (unpaired) electrons. The van der Waals surface area contributed by atoms with E-state index in [2.05, 4.69) is 15.2 Å². The molecule has 0 aromatic heterocycles. The molecule has 1 heterocycles. The first kappa shape index (κ1) is 25.8. The Bertz CT molecular complexity index is 626. The van der Waals surface area contributed by atoms with Crippen molar-refractivity contribution in [1.29, 1.82) is 0 Å². The fraction of sp³-hybridized carbons (Fsp3) is 0.632. The van der Waals surface area contributed by atoms with Gasteiger partial charge in [0.2, 0.25) is 0 Å². The molecule has 6 nitrogen and oxygen atoms in total. The smallest absolute Gasteiger partial charge is 0.419 e. The highest BCUT2D eigenvalue weighted by molar-refractivity contribution is 14.0. The molecule has 0 spiro atoms. The van der Waals surface area contributed by atoms with E-state index in [4.69, 9.17) is 15.2 Å². The number of hydrogen-bond acceptors (Lipinski definition) is 4. The Hall–Kier alpha value is -1.27. The number of guanidine groups is 1. The van der Waals surface area contributed by atoms with Crippen molar-refractivity contribution in [1.82, 2.24) is 10.2 Å². The van der Waals surface area contributed by atoms with Gasteiger partial charge in [-0.1, -0.05) is 19.1 Å². The maximum Gasteiger partial charge on any atom is 0.419 e. The molecule has 1 aromatic rings. The maximum atomic E-state index is 13.1. The Morgan fingerprint density at radius 2 is 2.00 bits per heavy atom. The Morgan fingerprint density at radius 3 is 2.66 bits per heavy atom. The largest absolute Gasteiger partial charge is 0.488 e. The van der Waals surface area contributed by atoms with Crippen LogP contribution in [0.2, 0.25) is 0 Å². The summed E-state index contributed by atoms with van der Waals surface area (Å²) in [5.74, 6) is 0.0854. The standard InChI is InChI=1S/C19H29F3N4O2.HI/c1-2-15(28-17-7-4-3-6-16(17)19(20,21)22)14-25-18(23)24-8-5-9-26-10-12-27-13-11-26;/h3-4,6-7,15H,2,5,8-14H2,1H3,(H3,23,24,25);1H. The van der Waals surface area contributed by atoms with Crippen LogP contribution in [0.25, 0.3) is 0 Å². The van der Waals surface area contributed by atoms with Gasteiger partial charge in [0.1, 0.15) is 11.9 Å². The first-order valence-electron chi connectivity index (χ1n) is 9.57. The second kappa shape index (κ2) is 13.1. The zero-order chi connectivity index (χ0) is 20.4. The molecule has 1 unspecified atom stereocenters. The molecule has 3 N–H and O–H groups in total. The molecular formula is C19H30F3IN4O2. The Balaban J connectivity index is 0.00000420. The Labute approximate surface area is 187 Å². The van der Waals surface area contributed by atoms with E-state index in [1.165, 1.54) is 18.2 Å². The fourth-order valence-corrected chi connectivity index (χ4v) is 2.83. The van der Waals surface area contributed by atoms with Crippen molar-refractivity contribution < 1.29 is 22.6 Å². The number of nitrogens with one attached hydrogen (secondary N) is 1. The monoisotopic (exact) mass is 530 g/mol. The number of nitrogens with zero attached hydrogens (tertiary/aromatic N) is 2. The van der Waals surface area contributed by atoms with E-state index < -0.39 is 17.8 Å². The number of benzene rings is 1. The number of halogens is 4. The van der Waals surface area contributed by atoms with E-state index in [0.29, 0.717) is 13.0 Å².